The second kappa shape index (κ2) is 8.11. The highest BCUT2D eigenvalue weighted by Crippen LogP contribution is 2.34. The number of carbonyl (C=O) groups excluding carboxylic acids is 1. The maximum atomic E-state index is 12.0. The summed E-state index contributed by atoms with van der Waals surface area (Å²) in [5, 5.41) is 10.2. The number of fused-ring (bicyclic) bond motifs is 3. The molecule has 1 aromatic carbocycles. The van der Waals surface area contributed by atoms with Crippen molar-refractivity contribution in [2.75, 3.05) is 12.4 Å². The van der Waals surface area contributed by atoms with Gasteiger partial charge in [0.1, 0.15) is 5.82 Å². The van der Waals surface area contributed by atoms with Crippen LogP contribution in [0.5, 0.6) is 0 Å². The van der Waals surface area contributed by atoms with Gasteiger partial charge in [-0.3, -0.25) is 0 Å². The van der Waals surface area contributed by atoms with E-state index in [2.05, 4.69) is 33.2 Å². The van der Waals surface area contributed by atoms with Gasteiger partial charge in [-0.1, -0.05) is 25.3 Å². The second-order valence-electron chi connectivity index (χ2n) is 8.05. The van der Waals surface area contributed by atoms with E-state index in [1.165, 1.54) is 44.8 Å². The molecule has 0 saturated heterocycles. The number of aromatic nitrogens is 2. The topological polar surface area (TPSA) is 67.0 Å². The van der Waals surface area contributed by atoms with Gasteiger partial charge in [-0.2, -0.15) is 11.3 Å². The molecule has 1 aliphatic carbocycles. The van der Waals surface area contributed by atoms with Crippen LogP contribution in [-0.4, -0.2) is 29.1 Å². The zero-order chi connectivity index (χ0) is 20.5. The van der Waals surface area contributed by atoms with Crippen LogP contribution in [0.2, 0.25) is 0 Å². The normalized spacial score (nSPS) is 15.0. The summed E-state index contributed by atoms with van der Waals surface area (Å²) in [4.78, 5) is 20.5. The minimum Gasteiger partial charge on any atom is -0.465 e. The molecule has 1 aliphatic rings. The number of nitrogens with zero attached hydrogens (tertiary/aromatic N) is 1. The minimum absolute atomic E-state index is 0.326. The second-order valence-corrected chi connectivity index (χ2v) is 8.83. The van der Waals surface area contributed by atoms with E-state index in [9.17, 15) is 4.79 Å². The fraction of sp³-hybridized carbons (Fsp3) is 0.333. The van der Waals surface area contributed by atoms with Crippen molar-refractivity contribution in [1.82, 2.24) is 9.97 Å². The predicted octanol–water partition coefficient (Wildman–Crippen LogP) is 5.90. The number of nitrogens with one attached hydrogen (secondary N) is 2. The summed E-state index contributed by atoms with van der Waals surface area (Å²) in [6.45, 7) is 0. The number of hydrogen-bond donors (Lipinski definition) is 2. The standard InChI is InChI=1S/C24H25N3O2S/c1-29-24(28)16-7-8-19-20(12-16)27-21-13-18(11-15-9-10-30-14-15)26-23(22(19)21)25-17-5-3-2-4-6-17/h7-10,12-14,17,27H,2-6,11H2,1H3,(H,25,26). The summed E-state index contributed by atoms with van der Waals surface area (Å²) in [5.74, 6) is 0.620. The first-order valence-electron chi connectivity index (χ1n) is 10.5. The van der Waals surface area contributed by atoms with Gasteiger partial charge < -0.3 is 15.0 Å². The monoisotopic (exact) mass is 419 g/mol. The summed E-state index contributed by atoms with van der Waals surface area (Å²) in [6.07, 6.45) is 7.04. The number of carbonyl (C=O) groups is 1. The van der Waals surface area contributed by atoms with Gasteiger partial charge in [0.05, 0.1) is 18.2 Å². The van der Waals surface area contributed by atoms with Crippen LogP contribution in [0.15, 0.2) is 41.1 Å². The largest absolute Gasteiger partial charge is 0.465 e. The highest BCUT2D eigenvalue weighted by molar-refractivity contribution is 7.07. The SMILES string of the molecule is COC(=O)c1ccc2c(c1)[nH]c1cc(Cc3ccsc3)nc(NC3CCCCC3)c12. The van der Waals surface area contributed by atoms with Gasteiger partial charge in [-0.05, 0) is 53.4 Å². The number of aromatic amines is 1. The molecule has 1 fully saturated rings. The molecule has 0 spiro atoms. The van der Waals surface area contributed by atoms with E-state index in [-0.39, 0.29) is 5.97 Å². The van der Waals surface area contributed by atoms with E-state index < -0.39 is 0 Å². The number of anilines is 1. The van der Waals surface area contributed by atoms with Crippen LogP contribution in [0.4, 0.5) is 5.82 Å². The van der Waals surface area contributed by atoms with E-state index in [4.69, 9.17) is 9.72 Å². The number of thiophene rings is 1. The molecule has 0 bridgehead atoms. The average Bonchev–Trinajstić information content (AvgIpc) is 3.40. The van der Waals surface area contributed by atoms with Crippen molar-refractivity contribution in [2.24, 2.45) is 0 Å². The lowest BCUT2D eigenvalue weighted by Gasteiger charge is -2.24. The van der Waals surface area contributed by atoms with E-state index >= 15 is 0 Å². The number of ether oxygens (including phenoxy) is 1. The van der Waals surface area contributed by atoms with Crippen molar-refractivity contribution in [1.29, 1.82) is 0 Å². The molecule has 4 aromatic rings. The van der Waals surface area contributed by atoms with Crippen molar-refractivity contribution in [2.45, 2.75) is 44.6 Å². The van der Waals surface area contributed by atoms with E-state index in [1.807, 2.05) is 18.2 Å². The van der Waals surface area contributed by atoms with Gasteiger partial charge in [0, 0.05) is 34.4 Å². The minimum atomic E-state index is -0.326. The van der Waals surface area contributed by atoms with Crippen molar-refractivity contribution in [3.8, 4) is 0 Å². The van der Waals surface area contributed by atoms with Gasteiger partial charge >= 0.3 is 5.97 Å². The third-order valence-corrected chi connectivity index (χ3v) is 6.70. The molecule has 5 nitrogen and oxygen atoms in total. The molecule has 2 N–H and O–H groups in total. The Morgan fingerprint density at radius 3 is 2.83 bits per heavy atom. The molecule has 30 heavy (non-hydrogen) atoms. The smallest absolute Gasteiger partial charge is 0.337 e. The molecule has 0 atom stereocenters. The molecular weight excluding hydrogens is 394 g/mol. The number of esters is 1. The first-order valence-corrected chi connectivity index (χ1v) is 11.5. The first-order chi connectivity index (χ1) is 14.7. The molecule has 0 amide bonds. The maximum Gasteiger partial charge on any atom is 0.337 e. The molecule has 0 unspecified atom stereocenters. The van der Waals surface area contributed by atoms with Crippen LogP contribution in [0.3, 0.4) is 0 Å². The van der Waals surface area contributed by atoms with Crippen LogP contribution in [0, 0.1) is 0 Å². The molecule has 1 saturated carbocycles. The Bertz CT molecular complexity index is 1190. The molecule has 5 rings (SSSR count). The summed E-state index contributed by atoms with van der Waals surface area (Å²) in [7, 11) is 1.41. The fourth-order valence-electron chi connectivity index (χ4n) is 4.46. The quantitative estimate of drug-likeness (QED) is 0.395. The third-order valence-electron chi connectivity index (χ3n) is 5.96. The molecule has 0 radical (unpaired) electrons. The van der Waals surface area contributed by atoms with Gasteiger partial charge in [0.2, 0.25) is 0 Å². The summed E-state index contributed by atoms with van der Waals surface area (Å²) < 4.78 is 4.88. The van der Waals surface area contributed by atoms with Gasteiger partial charge in [0.15, 0.2) is 0 Å². The molecule has 3 heterocycles. The van der Waals surface area contributed by atoms with Crippen molar-refractivity contribution in [3.63, 3.8) is 0 Å². The van der Waals surface area contributed by atoms with Crippen molar-refractivity contribution >= 4 is 44.9 Å². The summed E-state index contributed by atoms with van der Waals surface area (Å²) in [6, 6.07) is 10.4. The zero-order valence-electron chi connectivity index (χ0n) is 17.0. The Morgan fingerprint density at radius 2 is 2.07 bits per heavy atom. The first kappa shape index (κ1) is 19.1. The third kappa shape index (κ3) is 3.67. The molecule has 0 aliphatic heterocycles. The molecule has 154 valence electrons. The zero-order valence-corrected chi connectivity index (χ0v) is 17.8. The van der Waals surface area contributed by atoms with Crippen molar-refractivity contribution in [3.05, 3.63) is 57.9 Å². The van der Waals surface area contributed by atoms with E-state index in [0.29, 0.717) is 11.6 Å². The molecule has 6 heteroatoms. The molecular formula is C24H25N3O2S. The fourth-order valence-corrected chi connectivity index (χ4v) is 5.13. The number of hydrogen-bond acceptors (Lipinski definition) is 5. The van der Waals surface area contributed by atoms with Crippen LogP contribution in [0.1, 0.15) is 53.7 Å². The predicted molar refractivity (Wildman–Crippen MR) is 123 cm³/mol. The summed E-state index contributed by atoms with van der Waals surface area (Å²) >= 11 is 1.71. The van der Waals surface area contributed by atoms with Gasteiger partial charge in [-0.25, -0.2) is 9.78 Å². The highest BCUT2D eigenvalue weighted by Gasteiger charge is 2.19. The van der Waals surface area contributed by atoms with Gasteiger partial charge in [-0.15, -0.1) is 0 Å². The Kier molecular flexibility index (Phi) is 5.17. The van der Waals surface area contributed by atoms with E-state index in [1.54, 1.807) is 11.3 Å². The Balaban J connectivity index is 1.62. The summed E-state index contributed by atoms with van der Waals surface area (Å²) in [5.41, 5.74) is 4.84. The van der Waals surface area contributed by atoms with Crippen molar-refractivity contribution < 1.29 is 9.53 Å². The molecule has 3 aromatic heterocycles. The highest BCUT2D eigenvalue weighted by atomic mass is 32.1. The number of benzene rings is 1. The van der Waals surface area contributed by atoms with E-state index in [0.717, 1.165) is 39.7 Å². The van der Waals surface area contributed by atoms with Crippen LogP contribution in [-0.2, 0) is 11.2 Å². The number of pyridine rings is 1. The number of H-pyrrole nitrogens is 1. The maximum absolute atomic E-state index is 12.0. The Morgan fingerprint density at radius 1 is 1.20 bits per heavy atom. The van der Waals surface area contributed by atoms with Crippen LogP contribution < -0.4 is 5.32 Å². The number of methoxy groups -OCH3 is 1. The average molecular weight is 420 g/mol. The lowest BCUT2D eigenvalue weighted by Crippen LogP contribution is -2.23. The van der Waals surface area contributed by atoms with Crippen LogP contribution >= 0.6 is 11.3 Å². The van der Waals surface area contributed by atoms with Crippen LogP contribution in [0.25, 0.3) is 21.8 Å². The Hall–Kier alpha value is -2.86. The number of rotatable bonds is 5. The van der Waals surface area contributed by atoms with Gasteiger partial charge in [0.25, 0.3) is 0 Å². The lowest BCUT2D eigenvalue weighted by molar-refractivity contribution is 0.0601. The Labute approximate surface area is 179 Å². The lowest BCUT2D eigenvalue weighted by atomic mass is 9.95.